The summed E-state index contributed by atoms with van der Waals surface area (Å²) >= 11 is 0. The first-order valence-corrected chi connectivity index (χ1v) is 8.34. The van der Waals surface area contributed by atoms with Gasteiger partial charge in [-0.25, -0.2) is 0 Å². The van der Waals surface area contributed by atoms with Gasteiger partial charge in [-0.05, 0) is 17.7 Å². The van der Waals surface area contributed by atoms with Crippen LogP contribution < -0.4 is 9.47 Å². The number of aliphatic hydroxyl groups excluding tert-OH is 1. The van der Waals surface area contributed by atoms with Gasteiger partial charge in [0, 0.05) is 43.6 Å². The average Bonchev–Trinajstić information content (AvgIpc) is 3.04. The van der Waals surface area contributed by atoms with Gasteiger partial charge in [-0.15, -0.1) is 0 Å². The minimum absolute atomic E-state index is 0.164. The van der Waals surface area contributed by atoms with Gasteiger partial charge in [0.25, 0.3) is 0 Å². The molecule has 128 valence electrons. The normalized spacial score (nSPS) is 21.0. The number of methoxy groups -OCH3 is 2. The van der Waals surface area contributed by atoms with Crippen LogP contribution in [0.4, 0.5) is 0 Å². The molecule has 2 atom stereocenters. The predicted molar refractivity (Wildman–Crippen MR) is 94.6 cm³/mol. The van der Waals surface area contributed by atoms with Crippen molar-refractivity contribution in [3.63, 3.8) is 0 Å². The number of ether oxygens (including phenoxy) is 2. The van der Waals surface area contributed by atoms with Crippen molar-refractivity contribution in [2.75, 3.05) is 33.9 Å². The van der Waals surface area contributed by atoms with E-state index in [2.05, 4.69) is 29.2 Å². The van der Waals surface area contributed by atoms with Gasteiger partial charge in [-0.2, -0.15) is 0 Å². The first kappa shape index (κ1) is 16.8. The van der Waals surface area contributed by atoms with Crippen LogP contribution in [0.3, 0.4) is 0 Å². The number of likely N-dealkylation sites (tertiary alicyclic amines) is 1. The van der Waals surface area contributed by atoms with Crippen LogP contribution in [0, 0.1) is 5.92 Å². The second kappa shape index (κ2) is 7.69. The lowest BCUT2D eigenvalue weighted by Gasteiger charge is -2.22. The quantitative estimate of drug-likeness (QED) is 0.886. The highest BCUT2D eigenvalue weighted by Gasteiger charge is 2.36. The van der Waals surface area contributed by atoms with E-state index in [0.717, 1.165) is 36.7 Å². The zero-order valence-electron chi connectivity index (χ0n) is 14.3. The van der Waals surface area contributed by atoms with Crippen LogP contribution in [-0.4, -0.2) is 43.9 Å². The maximum absolute atomic E-state index is 9.90. The molecule has 0 saturated carbocycles. The summed E-state index contributed by atoms with van der Waals surface area (Å²) in [5, 5.41) is 9.90. The van der Waals surface area contributed by atoms with Crippen LogP contribution in [0.1, 0.15) is 17.0 Å². The lowest BCUT2D eigenvalue weighted by Crippen LogP contribution is -2.20. The molecule has 1 fully saturated rings. The van der Waals surface area contributed by atoms with Gasteiger partial charge in [0.1, 0.15) is 11.5 Å². The molecule has 0 unspecified atom stereocenters. The zero-order chi connectivity index (χ0) is 16.9. The van der Waals surface area contributed by atoms with Crippen molar-refractivity contribution in [3.05, 3.63) is 59.7 Å². The van der Waals surface area contributed by atoms with Crippen LogP contribution >= 0.6 is 0 Å². The standard InChI is InChI=1S/C20H25NO3/c1-23-18-9-6-10-19(24-2)20(18)17-13-21(12-16(17)14-22)11-15-7-4-3-5-8-15/h3-10,16-17,22H,11-14H2,1-2H3/t16-,17+/m1/s1. The van der Waals surface area contributed by atoms with E-state index in [0.29, 0.717) is 0 Å². The number of benzene rings is 2. The number of hydrogen-bond acceptors (Lipinski definition) is 4. The number of aliphatic hydroxyl groups is 1. The number of nitrogens with zero attached hydrogens (tertiary/aromatic N) is 1. The van der Waals surface area contributed by atoms with Crippen LogP contribution in [0.5, 0.6) is 11.5 Å². The highest BCUT2D eigenvalue weighted by atomic mass is 16.5. The van der Waals surface area contributed by atoms with Gasteiger partial charge in [0.2, 0.25) is 0 Å². The molecule has 4 nitrogen and oxygen atoms in total. The molecule has 4 heteroatoms. The Kier molecular flexibility index (Phi) is 5.38. The second-order valence-corrected chi connectivity index (χ2v) is 6.31. The molecule has 2 aromatic carbocycles. The van der Waals surface area contributed by atoms with E-state index < -0.39 is 0 Å². The Bertz CT molecular complexity index is 637. The molecule has 0 amide bonds. The fraction of sp³-hybridized carbons (Fsp3) is 0.400. The third-order valence-corrected chi connectivity index (χ3v) is 4.84. The first-order valence-electron chi connectivity index (χ1n) is 8.34. The van der Waals surface area contributed by atoms with Crippen molar-refractivity contribution >= 4 is 0 Å². The zero-order valence-corrected chi connectivity index (χ0v) is 14.3. The molecule has 1 aliphatic rings. The number of hydrogen-bond donors (Lipinski definition) is 1. The Hall–Kier alpha value is -2.04. The Labute approximate surface area is 143 Å². The van der Waals surface area contributed by atoms with Gasteiger partial charge in [-0.3, -0.25) is 4.90 Å². The van der Waals surface area contributed by atoms with Crippen molar-refractivity contribution < 1.29 is 14.6 Å². The minimum atomic E-state index is 0.164. The average molecular weight is 327 g/mol. The molecule has 3 rings (SSSR count). The SMILES string of the molecule is COc1cccc(OC)c1[C@H]1CN(Cc2ccccc2)C[C@@H]1CO. The van der Waals surface area contributed by atoms with E-state index in [1.165, 1.54) is 5.56 Å². The van der Waals surface area contributed by atoms with Crippen LogP contribution in [0.2, 0.25) is 0 Å². The lowest BCUT2D eigenvalue weighted by molar-refractivity contribution is 0.212. The third-order valence-electron chi connectivity index (χ3n) is 4.84. The topological polar surface area (TPSA) is 41.9 Å². The van der Waals surface area contributed by atoms with Crippen LogP contribution in [0.15, 0.2) is 48.5 Å². The molecular weight excluding hydrogens is 302 g/mol. The van der Waals surface area contributed by atoms with Gasteiger partial charge in [0.15, 0.2) is 0 Å². The summed E-state index contributed by atoms with van der Waals surface area (Å²) in [4.78, 5) is 2.40. The van der Waals surface area contributed by atoms with E-state index in [1.807, 2.05) is 24.3 Å². The summed E-state index contributed by atoms with van der Waals surface area (Å²) in [6, 6.07) is 16.3. The molecule has 1 aliphatic heterocycles. The minimum Gasteiger partial charge on any atom is -0.496 e. The molecule has 0 aromatic heterocycles. The summed E-state index contributed by atoms with van der Waals surface area (Å²) in [6.45, 7) is 2.82. The van der Waals surface area contributed by atoms with Crippen molar-refractivity contribution in [2.45, 2.75) is 12.5 Å². The predicted octanol–water partition coefficient (Wildman–Crippen LogP) is 2.91. The van der Waals surface area contributed by atoms with E-state index >= 15 is 0 Å². The van der Waals surface area contributed by atoms with Gasteiger partial charge < -0.3 is 14.6 Å². The first-order chi connectivity index (χ1) is 11.8. The molecule has 24 heavy (non-hydrogen) atoms. The fourth-order valence-corrected chi connectivity index (χ4v) is 3.69. The van der Waals surface area contributed by atoms with E-state index in [-0.39, 0.29) is 18.4 Å². The summed E-state index contributed by atoms with van der Waals surface area (Å²) in [6.07, 6.45) is 0. The molecule has 0 spiro atoms. The molecule has 2 aromatic rings. The Morgan fingerprint density at radius 3 is 2.21 bits per heavy atom. The highest BCUT2D eigenvalue weighted by molar-refractivity contribution is 5.48. The summed E-state index contributed by atoms with van der Waals surface area (Å²) < 4.78 is 11.1. The third kappa shape index (κ3) is 3.40. The van der Waals surface area contributed by atoms with E-state index in [1.54, 1.807) is 14.2 Å². The summed E-state index contributed by atoms with van der Waals surface area (Å²) in [5.74, 6) is 2.04. The van der Waals surface area contributed by atoms with Crippen molar-refractivity contribution in [1.82, 2.24) is 4.90 Å². The van der Waals surface area contributed by atoms with Crippen LogP contribution in [0.25, 0.3) is 0 Å². The molecular formula is C20H25NO3. The fourth-order valence-electron chi connectivity index (χ4n) is 3.69. The number of rotatable bonds is 6. The smallest absolute Gasteiger partial charge is 0.126 e. The Balaban J connectivity index is 1.85. The van der Waals surface area contributed by atoms with E-state index in [4.69, 9.17) is 9.47 Å². The molecule has 0 radical (unpaired) electrons. The van der Waals surface area contributed by atoms with Gasteiger partial charge >= 0.3 is 0 Å². The van der Waals surface area contributed by atoms with Gasteiger partial charge in [-0.1, -0.05) is 36.4 Å². The van der Waals surface area contributed by atoms with Crippen LogP contribution in [-0.2, 0) is 6.54 Å². The lowest BCUT2D eigenvalue weighted by atomic mass is 9.88. The molecule has 1 saturated heterocycles. The van der Waals surface area contributed by atoms with Crippen molar-refractivity contribution in [3.8, 4) is 11.5 Å². The Morgan fingerprint density at radius 1 is 0.958 bits per heavy atom. The van der Waals surface area contributed by atoms with E-state index in [9.17, 15) is 5.11 Å². The molecule has 0 aliphatic carbocycles. The maximum atomic E-state index is 9.90. The molecule has 1 heterocycles. The largest absolute Gasteiger partial charge is 0.496 e. The maximum Gasteiger partial charge on any atom is 0.126 e. The molecule has 0 bridgehead atoms. The second-order valence-electron chi connectivity index (χ2n) is 6.31. The van der Waals surface area contributed by atoms with Crippen molar-refractivity contribution in [1.29, 1.82) is 0 Å². The molecule has 1 N–H and O–H groups in total. The monoisotopic (exact) mass is 327 g/mol. The van der Waals surface area contributed by atoms with Gasteiger partial charge in [0.05, 0.1) is 14.2 Å². The van der Waals surface area contributed by atoms with Crippen molar-refractivity contribution in [2.24, 2.45) is 5.92 Å². The summed E-state index contributed by atoms with van der Waals surface area (Å²) in [5.41, 5.74) is 2.36. The summed E-state index contributed by atoms with van der Waals surface area (Å²) in [7, 11) is 3.37. The Morgan fingerprint density at radius 2 is 1.62 bits per heavy atom. The highest BCUT2D eigenvalue weighted by Crippen LogP contribution is 2.42.